The highest BCUT2D eigenvalue weighted by atomic mass is 32.2. The van der Waals surface area contributed by atoms with Crippen LogP contribution in [-0.4, -0.2) is 43.9 Å². The molecular formula is C15H24N2OS. The van der Waals surface area contributed by atoms with Crippen LogP contribution in [0.3, 0.4) is 0 Å². The second-order valence-corrected chi connectivity index (χ2v) is 6.44. The Morgan fingerprint density at radius 1 is 1.37 bits per heavy atom. The van der Waals surface area contributed by atoms with Crippen molar-refractivity contribution < 1.29 is 4.74 Å². The highest BCUT2D eigenvalue weighted by Crippen LogP contribution is 2.28. The van der Waals surface area contributed by atoms with Gasteiger partial charge in [0.05, 0.1) is 0 Å². The van der Waals surface area contributed by atoms with Crippen LogP contribution in [0.5, 0.6) is 5.75 Å². The van der Waals surface area contributed by atoms with Crippen LogP contribution in [0, 0.1) is 5.41 Å². The van der Waals surface area contributed by atoms with Gasteiger partial charge in [0, 0.05) is 18.0 Å². The third kappa shape index (κ3) is 4.13. The molecule has 106 valence electrons. The fourth-order valence-electron chi connectivity index (χ4n) is 2.45. The predicted octanol–water partition coefficient (Wildman–Crippen LogP) is 2.46. The molecule has 1 aromatic rings. The van der Waals surface area contributed by atoms with Gasteiger partial charge in [-0.25, -0.2) is 0 Å². The van der Waals surface area contributed by atoms with Crippen LogP contribution >= 0.6 is 11.8 Å². The summed E-state index contributed by atoms with van der Waals surface area (Å²) in [7, 11) is 0. The standard InChI is InChI=1S/C15H24N2OS/c1-15(11-16)7-8-17(12-15)9-10-18-13-3-5-14(19-2)6-4-13/h3-6H,7-12,16H2,1-2H3. The maximum absolute atomic E-state index is 5.82. The molecule has 0 aromatic heterocycles. The number of nitrogens with two attached hydrogens (primary N) is 1. The van der Waals surface area contributed by atoms with E-state index in [9.17, 15) is 0 Å². The van der Waals surface area contributed by atoms with Gasteiger partial charge < -0.3 is 10.5 Å². The van der Waals surface area contributed by atoms with Gasteiger partial charge in [0.2, 0.25) is 0 Å². The number of rotatable bonds is 6. The number of likely N-dealkylation sites (tertiary alicyclic amines) is 1. The summed E-state index contributed by atoms with van der Waals surface area (Å²) in [6, 6.07) is 8.28. The van der Waals surface area contributed by atoms with Gasteiger partial charge in [0.15, 0.2) is 0 Å². The van der Waals surface area contributed by atoms with E-state index in [4.69, 9.17) is 10.5 Å². The summed E-state index contributed by atoms with van der Waals surface area (Å²) in [5.74, 6) is 0.957. The van der Waals surface area contributed by atoms with Gasteiger partial charge in [-0.1, -0.05) is 6.92 Å². The van der Waals surface area contributed by atoms with Crippen molar-refractivity contribution in [2.45, 2.75) is 18.2 Å². The largest absolute Gasteiger partial charge is 0.492 e. The molecule has 4 heteroatoms. The molecule has 1 aliphatic heterocycles. The van der Waals surface area contributed by atoms with E-state index in [1.54, 1.807) is 11.8 Å². The monoisotopic (exact) mass is 280 g/mol. The van der Waals surface area contributed by atoms with Crippen molar-refractivity contribution in [3.05, 3.63) is 24.3 Å². The van der Waals surface area contributed by atoms with Crippen molar-refractivity contribution in [3.63, 3.8) is 0 Å². The quantitative estimate of drug-likeness (QED) is 0.812. The number of hydrogen-bond acceptors (Lipinski definition) is 4. The summed E-state index contributed by atoms with van der Waals surface area (Å²) in [4.78, 5) is 3.72. The van der Waals surface area contributed by atoms with Crippen LogP contribution in [0.15, 0.2) is 29.2 Å². The Labute approximate surface area is 120 Å². The molecule has 0 radical (unpaired) electrons. The molecule has 19 heavy (non-hydrogen) atoms. The number of ether oxygens (including phenoxy) is 1. The van der Waals surface area contributed by atoms with Crippen LogP contribution in [0.2, 0.25) is 0 Å². The number of nitrogens with zero attached hydrogens (tertiary/aromatic N) is 1. The maximum Gasteiger partial charge on any atom is 0.119 e. The molecule has 1 fully saturated rings. The van der Waals surface area contributed by atoms with E-state index in [-0.39, 0.29) is 0 Å². The fraction of sp³-hybridized carbons (Fsp3) is 0.600. The topological polar surface area (TPSA) is 38.5 Å². The second-order valence-electron chi connectivity index (χ2n) is 5.56. The molecule has 2 rings (SSSR count). The molecule has 1 aromatic carbocycles. The Morgan fingerprint density at radius 2 is 2.11 bits per heavy atom. The second kappa shape index (κ2) is 6.64. The molecule has 1 saturated heterocycles. The molecule has 0 aliphatic carbocycles. The Kier molecular flexibility index (Phi) is 5.13. The smallest absolute Gasteiger partial charge is 0.119 e. The summed E-state index contributed by atoms with van der Waals surface area (Å²) in [5.41, 5.74) is 6.12. The predicted molar refractivity (Wildman–Crippen MR) is 81.9 cm³/mol. The van der Waals surface area contributed by atoms with Crippen molar-refractivity contribution in [3.8, 4) is 5.75 Å². The van der Waals surface area contributed by atoms with E-state index < -0.39 is 0 Å². The van der Waals surface area contributed by atoms with Crippen molar-refractivity contribution in [2.75, 3.05) is 39.0 Å². The maximum atomic E-state index is 5.82. The first-order valence-electron chi connectivity index (χ1n) is 6.84. The lowest BCUT2D eigenvalue weighted by atomic mass is 9.90. The summed E-state index contributed by atoms with van der Waals surface area (Å²) in [5, 5.41) is 0. The minimum atomic E-state index is 0.306. The zero-order valence-corrected chi connectivity index (χ0v) is 12.7. The Morgan fingerprint density at radius 3 is 2.68 bits per heavy atom. The molecule has 0 saturated carbocycles. The third-order valence-corrected chi connectivity index (χ3v) is 4.61. The summed E-state index contributed by atoms with van der Waals surface area (Å²) < 4.78 is 5.79. The highest BCUT2D eigenvalue weighted by molar-refractivity contribution is 7.98. The molecule has 1 heterocycles. The summed E-state index contributed by atoms with van der Waals surface area (Å²) >= 11 is 1.75. The normalized spacial score (nSPS) is 23.7. The SMILES string of the molecule is CSc1ccc(OCCN2CCC(C)(CN)C2)cc1. The number of benzene rings is 1. The van der Waals surface area contributed by atoms with E-state index in [0.717, 1.165) is 38.5 Å². The number of thioether (sulfide) groups is 1. The average Bonchev–Trinajstić information content (AvgIpc) is 2.82. The van der Waals surface area contributed by atoms with Crippen LogP contribution in [0.1, 0.15) is 13.3 Å². The lowest BCUT2D eigenvalue weighted by molar-refractivity contribution is 0.219. The zero-order chi connectivity index (χ0) is 13.7. The van der Waals surface area contributed by atoms with Crippen molar-refractivity contribution in [1.29, 1.82) is 0 Å². The van der Waals surface area contributed by atoms with Gasteiger partial charge in [-0.15, -0.1) is 11.8 Å². The third-order valence-electron chi connectivity index (χ3n) is 3.87. The van der Waals surface area contributed by atoms with E-state index in [1.165, 1.54) is 11.3 Å². The molecule has 0 spiro atoms. The first-order valence-corrected chi connectivity index (χ1v) is 8.07. The zero-order valence-electron chi connectivity index (χ0n) is 11.9. The van der Waals surface area contributed by atoms with E-state index in [2.05, 4.69) is 30.2 Å². The first kappa shape index (κ1) is 14.7. The molecule has 0 bridgehead atoms. The van der Waals surface area contributed by atoms with Gasteiger partial charge in [-0.3, -0.25) is 4.90 Å². The van der Waals surface area contributed by atoms with Gasteiger partial charge in [0.25, 0.3) is 0 Å². The molecule has 1 atom stereocenters. The van der Waals surface area contributed by atoms with Crippen LogP contribution in [0.4, 0.5) is 0 Å². The van der Waals surface area contributed by atoms with Gasteiger partial charge in [0.1, 0.15) is 12.4 Å². The lowest BCUT2D eigenvalue weighted by Crippen LogP contribution is -2.33. The van der Waals surface area contributed by atoms with Crippen LogP contribution in [-0.2, 0) is 0 Å². The Balaban J connectivity index is 1.72. The minimum absolute atomic E-state index is 0.306. The van der Waals surface area contributed by atoms with Crippen molar-refractivity contribution in [2.24, 2.45) is 11.1 Å². The van der Waals surface area contributed by atoms with Crippen LogP contribution in [0.25, 0.3) is 0 Å². The Hall–Kier alpha value is -0.710. The molecule has 2 N–H and O–H groups in total. The van der Waals surface area contributed by atoms with Crippen LogP contribution < -0.4 is 10.5 Å². The first-order chi connectivity index (χ1) is 9.15. The van der Waals surface area contributed by atoms with Gasteiger partial charge in [-0.05, 0) is 55.4 Å². The lowest BCUT2D eigenvalue weighted by Gasteiger charge is -2.22. The highest BCUT2D eigenvalue weighted by Gasteiger charge is 2.31. The average molecular weight is 280 g/mol. The molecular weight excluding hydrogens is 256 g/mol. The van der Waals surface area contributed by atoms with E-state index in [1.807, 2.05) is 12.1 Å². The molecule has 3 nitrogen and oxygen atoms in total. The minimum Gasteiger partial charge on any atom is -0.492 e. The van der Waals surface area contributed by atoms with E-state index >= 15 is 0 Å². The summed E-state index contributed by atoms with van der Waals surface area (Å²) in [6.45, 7) is 7.02. The molecule has 1 aliphatic rings. The fourth-order valence-corrected chi connectivity index (χ4v) is 2.86. The van der Waals surface area contributed by atoms with Gasteiger partial charge in [-0.2, -0.15) is 0 Å². The van der Waals surface area contributed by atoms with Crippen molar-refractivity contribution >= 4 is 11.8 Å². The number of hydrogen-bond donors (Lipinski definition) is 1. The van der Waals surface area contributed by atoms with Gasteiger partial charge >= 0.3 is 0 Å². The van der Waals surface area contributed by atoms with Crippen molar-refractivity contribution in [1.82, 2.24) is 4.90 Å². The van der Waals surface area contributed by atoms with E-state index in [0.29, 0.717) is 5.41 Å². The molecule has 0 amide bonds. The molecule has 1 unspecified atom stereocenters. The Bertz CT molecular complexity index is 396. The summed E-state index contributed by atoms with van der Waals surface area (Å²) in [6.07, 6.45) is 3.28.